The summed E-state index contributed by atoms with van der Waals surface area (Å²) in [7, 11) is 1.60. The third-order valence-corrected chi connectivity index (χ3v) is 5.93. The van der Waals surface area contributed by atoms with Gasteiger partial charge in [0.1, 0.15) is 17.4 Å². The summed E-state index contributed by atoms with van der Waals surface area (Å²) in [6, 6.07) is 11.3. The molecule has 0 unspecified atom stereocenters. The fourth-order valence-corrected chi connectivity index (χ4v) is 4.00. The van der Waals surface area contributed by atoms with Crippen LogP contribution in [0.2, 0.25) is 0 Å². The highest BCUT2D eigenvalue weighted by Gasteiger charge is 2.26. The molecule has 1 fully saturated rings. The van der Waals surface area contributed by atoms with Crippen molar-refractivity contribution < 1.29 is 28.6 Å². The fourth-order valence-electron chi connectivity index (χ4n) is 4.00. The summed E-state index contributed by atoms with van der Waals surface area (Å²) in [4.78, 5) is 39.9. The van der Waals surface area contributed by atoms with Gasteiger partial charge in [-0.3, -0.25) is 4.79 Å². The van der Waals surface area contributed by atoms with E-state index in [0.29, 0.717) is 31.7 Å². The number of hydrogen-bond acceptors (Lipinski definition) is 7. The van der Waals surface area contributed by atoms with Crippen LogP contribution in [0.25, 0.3) is 11.8 Å². The number of ether oxygens (including phenoxy) is 3. The number of amides is 2. The summed E-state index contributed by atoms with van der Waals surface area (Å²) < 4.78 is 17.3. The van der Waals surface area contributed by atoms with Crippen molar-refractivity contribution in [1.29, 1.82) is 5.26 Å². The molecule has 2 heterocycles. The third kappa shape index (κ3) is 6.05. The van der Waals surface area contributed by atoms with Crippen molar-refractivity contribution in [2.75, 3.05) is 46.5 Å². The van der Waals surface area contributed by atoms with Gasteiger partial charge < -0.3 is 28.6 Å². The van der Waals surface area contributed by atoms with E-state index in [1.165, 1.54) is 15.9 Å². The van der Waals surface area contributed by atoms with E-state index < -0.39 is 18.7 Å². The third-order valence-electron chi connectivity index (χ3n) is 5.93. The monoisotopic (exact) mass is 494 g/mol. The van der Waals surface area contributed by atoms with E-state index in [-0.39, 0.29) is 18.1 Å². The molecule has 0 atom stereocenters. The van der Waals surface area contributed by atoms with Crippen molar-refractivity contribution in [2.24, 2.45) is 0 Å². The van der Waals surface area contributed by atoms with E-state index in [2.05, 4.69) is 0 Å². The average Bonchev–Trinajstić information content (AvgIpc) is 3.18. The maximum atomic E-state index is 12.5. The van der Waals surface area contributed by atoms with Crippen molar-refractivity contribution in [1.82, 2.24) is 14.4 Å². The first-order chi connectivity index (χ1) is 17.3. The zero-order valence-corrected chi connectivity index (χ0v) is 20.9. The van der Waals surface area contributed by atoms with Crippen molar-refractivity contribution in [2.45, 2.75) is 20.8 Å². The van der Waals surface area contributed by atoms with Crippen molar-refractivity contribution in [3.05, 3.63) is 52.9 Å². The van der Waals surface area contributed by atoms with Crippen LogP contribution in [0.1, 0.15) is 23.9 Å². The minimum Gasteiger partial charge on any atom is -0.497 e. The van der Waals surface area contributed by atoms with Gasteiger partial charge in [-0.2, -0.15) is 5.26 Å². The molecule has 0 saturated carbocycles. The van der Waals surface area contributed by atoms with Gasteiger partial charge in [-0.05, 0) is 62.7 Å². The number of carbonyl (C=O) groups is 3. The SMILES string of the molecule is CCOC(=O)N1CCN(C(=O)COC(=O)/C(C#N)=C/c2cc(C)n(-c3ccc(OC)cc3)c2C)CC1. The van der Waals surface area contributed by atoms with Gasteiger partial charge >= 0.3 is 12.1 Å². The van der Waals surface area contributed by atoms with Crippen LogP contribution in [-0.2, 0) is 19.1 Å². The molecule has 0 radical (unpaired) electrons. The first kappa shape index (κ1) is 26.3. The number of nitriles is 1. The van der Waals surface area contributed by atoms with E-state index in [1.54, 1.807) is 14.0 Å². The van der Waals surface area contributed by atoms with Gasteiger partial charge in [-0.1, -0.05) is 0 Å². The summed E-state index contributed by atoms with van der Waals surface area (Å²) in [5.41, 5.74) is 3.17. The number of aryl methyl sites for hydroxylation is 1. The number of carbonyl (C=O) groups excluding carboxylic acids is 3. The van der Waals surface area contributed by atoms with Gasteiger partial charge in [0, 0.05) is 43.3 Å². The highest BCUT2D eigenvalue weighted by Crippen LogP contribution is 2.24. The molecule has 0 N–H and O–H groups in total. The minimum absolute atomic E-state index is 0.204. The molecule has 36 heavy (non-hydrogen) atoms. The maximum Gasteiger partial charge on any atom is 0.409 e. The Balaban J connectivity index is 1.63. The largest absolute Gasteiger partial charge is 0.497 e. The number of rotatable bonds is 7. The van der Waals surface area contributed by atoms with Crippen LogP contribution < -0.4 is 4.74 Å². The van der Waals surface area contributed by atoms with Crippen LogP contribution in [0.15, 0.2) is 35.9 Å². The van der Waals surface area contributed by atoms with Crippen LogP contribution in [0.4, 0.5) is 4.79 Å². The first-order valence-electron chi connectivity index (χ1n) is 11.6. The standard InChI is InChI=1S/C26H30N4O6/c1-5-35-26(33)29-12-10-28(11-13-29)24(31)17-36-25(32)21(16-27)15-20-14-18(2)30(19(20)3)22-6-8-23(34-4)9-7-22/h6-9,14-15H,5,10-13,17H2,1-4H3/b21-15+. The van der Waals surface area contributed by atoms with Gasteiger partial charge in [0.25, 0.3) is 5.91 Å². The lowest BCUT2D eigenvalue weighted by Crippen LogP contribution is -2.51. The van der Waals surface area contributed by atoms with Gasteiger partial charge in [0.15, 0.2) is 6.61 Å². The van der Waals surface area contributed by atoms with Crippen LogP contribution in [0.5, 0.6) is 5.75 Å². The van der Waals surface area contributed by atoms with E-state index in [9.17, 15) is 19.6 Å². The Bertz CT molecular complexity index is 1180. The molecule has 1 aromatic carbocycles. The highest BCUT2D eigenvalue weighted by molar-refractivity contribution is 5.99. The second-order valence-electron chi connectivity index (χ2n) is 8.17. The lowest BCUT2D eigenvalue weighted by Gasteiger charge is -2.33. The minimum atomic E-state index is -0.870. The molecule has 1 aliphatic rings. The molecule has 0 bridgehead atoms. The quantitative estimate of drug-likeness (QED) is 0.330. The van der Waals surface area contributed by atoms with Crippen LogP contribution in [-0.4, -0.2) is 78.8 Å². The Morgan fingerprint density at radius 2 is 1.67 bits per heavy atom. The van der Waals surface area contributed by atoms with E-state index >= 15 is 0 Å². The van der Waals surface area contributed by atoms with Crippen LogP contribution in [0, 0.1) is 25.2 Å². The van der Waals surface area contributed by atoms with Gasteiger partial charge in [0.05, 0.1) is 13.7 Å². The second kappa shape index (κ2) is 11.9. The van der Waals surface area contributed by atoms with E-state index in [1.807, 2.05) is 54.8 Å². The van der Waals surface area contributed by atoms with Crippen molar-refractivity contribution >= 4 is 24.0 Å². The Labute approximate surface area is 210 Å². The molecule has 190 valence electrons. The summed E-state index contributed by atoms with van der Waals surface area (Å²) >= 11 is 0. The zero-order valence-electron chi connectivity index (χ0n) is 20.9. The number of piperazine rings is 1. The Kier molecular flexibility index (Phi) is 8.73. The summed E-state index contributed by atoms with van der Waals surface area (Å²) in [6.07, 6.45) is 1.05. The molecular formula is C26H30N4O6. The predicted molar refractivity (Wildman–Crippen MR) is 132 cm³/mol. The summed E-state index contributed by atoms with van der Waals surface area (Å²) in [6.45, 7) is 6.66. The van der Waals surface area contributed by atoms with Gasteiger partial charge in [-0.25, -0.2) is 9.59 Å². The molecule has 1 aliphatic heterocycles. The predicted octanol–water partition coefficient (Wildman–Crippen LogP) is 2.85. The van der Waals surface area contributed by atoms with E-state index in [4.69, 9.17) is 14.2 Å². The van der Waals surface area contributed by atoms with Gasteiger partial charge in [-0.15, -0.1) is 0 Å². The van der Waals surface area contributed by atoms with Gasteiger partial charge in [0.2, 0.25) is 0 Å². The molecule has 10 nitrogen and oxygen atoms in total. The summed E-state index contributed by atoms with van der Waals surface area (Å²) in [5.74, 6) is -0.515. The molecule has 3 rings (SSSR count). The van der Waals surface area contributed by atoms with E-state index in [0.717, 1.165) is 22.8 Å². The number of nitrogens with zero attached hydrogens (tertiary/aromatic N) is 4. The average molecular weight is 495 g/mol. The number of esters is 1. The molecule has 0 spiro atoms. The van der Waals surface area contributed by atoms with Crippen molar-refractivity contribution in [3.8, 4) is 17.5 Å². The Morgan fingerprint density at radius 3 is 2.25 bits per heavy atom. The smallest absolute Gasteiger partial charge is 0.409 e. The van der Waals surface area contributed by atoms with Crippen LogP contribution >= 0.6 is 0 Å². The number of benzene rings is 1. The molecule has 2 aromatic rings. The highest BCUT2D eigenvalue weighted by atomic mass is 16.6. The van der Waals surface area contributed by atoms with Crippen molar-refractivity contribution in [3.63, 3.8) is 0 Å². The number of methoxy groups -OCH3 is 1. The normalized spacial score (nSPS) is 13.7. The number of hydrogen-bond donors (Lipinski definition) is 0. The molecule has 10 heteroatoms. The first-order valence-corrected chi connectivity index (χ1v) is 11.6. The molecule has 0 aliphatic carbocycles. The topological polar surface area (TPSA) is 114 Å². The molecule has 2 amide bonds. The Hall–Kier alpha value is -4.26. The summed E-state index contributed by atoms with van der Waals surface area (Å²) in [5, 5.41) is 9.55. The fraction of sp³-hybridized carbons (Fsp3) is 0.385. The maximum absolute atomic E-state index is 12.5. The molecule has 1 aromatic heterocycles. The zero-order chi connectivity index (χ0) is 26.2. The lowest BCUT2D eigenvalue weighted by atomic mass is 10.1. The Morgan fingerprint density at radius 1 is 1.03 bits per heavy atom. The molecular weight excluding hydrogens is 464 g/mol. The lowest BCUT2D eigenvalue weighted by molar-refractivity contribution is -0.149. The number of aromatic nitrogens is 1. The molecule has 1 saturated heterocycles. The second-order valence-corrected chi connectivity index (χ2v) is 8.17. The van der Waals surface area contributed by atoms with Crippen LogP contribution in [0.3, 0.4) is 0 Å².